The highest BCUT2D eigenvalue weighted by Crippen LogP contribution is 2.45. The van der Waals surface area contributed by atoms with Gasteiger partial charge < -0.3 is 5.11 Å². The van der Waals surface area contributed by atoms with E-state index in [4.69, 9.17) is 4.98 Å². The number of aromatic nitrogens is 2. The second-order valence-corrected chi connectivity index (χ2v) is 15.0. The predicted octanol–water partition coefficient (Wildman–Crippen LogP) is 6.82. The van der Waals surface area contributed by atoms with Gasteiger partial charge in [0.1, 0.15) is 37.2 Å². The first-order valence-electron chi connectivity index (χ1n) is 18.0. The summed E-state index contributed by atoms with van der Waals surface area (Å²) in [5, 5.41) is 17.1. The Hall–Kier alpha value is -5.77. The molecule has 0 atom stereocenters. The van der Waals surface area contributed by atoms with Crippen LogP contribution in [0.1, 0.15) is 5.82 Å². The molecule has 0 unspecified atom stereocenters. The molecular weight excluding hydrogens is 628 g/mol. The summed E-state index contributed by atoms with van der Waals surface area (Å²) in [6.07, 6.45) is 0. The topological polar surface area (TPSA) is 38.1 Å². The van der Waals surface area contributed by atoms with Crippen molar-refractivity contribution in [2.24, 2.45) is 0 Å². The fourth-order valence-electron chi connectivity index (χ4n) is 7.75. The summed E-state index contributed by atoms with van der Waals surface area (Å²) in [7, 11) is 7.86. The van der Waals surface area contributed by atoms with Gasteiger partial charge in [-0.25, -0.2) is 4.98 Å². The van der Waals surface area contributed by atoms with E-state index < -0.39 is 10.6 Å². The van der Waals surface area contributed by atoms with Crippen molar-refractivity contribution in [2.75, 3.05) is 0 Å². The molecule has 0 bridgehead atoms. The summed E-state index contributed by atoms with van der Waals surface area (Å²) in [5.41, 5.74) is 10.1. The molecule has 0 aliphatic heterocycles. The van der Waals surface area contributed by atoms with Gasteiger partial charge in [-0.05, 0) is 113 Å². The van der Waals surface area contributed by atoms with Gasteiger partial charge in [0, 0.05) is 5.69 Å². The molecule has 0 aliphatic carbocycles. The Morgan fingerprint density at radius 3 is 1.63 bits per heavy atom. The van der Waals surface area contributed by atoms with Gasteiger partial charge in [-0.1, -0.05) is 127 Å². The summed E-state index contributed by atoms with van der Waals surface area (Å²) >= 11 is 0. The summed E-state index contributed by atoms with van der Waals surface area (Å²) in [6.45, 7) is 0. The summed E-state index contributed by atoms with van der Waals surface area (Å²) < 4.78 is 2.22. The van der Waals surface area contributed by atoms with Crippen molar-refractivity contribution in [3.63, 3.8) is 0 Å². The average Bonchev–Trinajstić information content (AvgIpc) is 3.57. The monoisotopic (exact) mass is 664 g/mol. The van der Waals surface area contributed by atoms with Crippen molar-refractivity contribution >= 4 is 74.7 Å². The summed E-state index contributed by atoms with van der Waals surface area (Å²) in [4.78, 5) is 5.09. The van der Waals surface area contributed by atoms with Crippen molar-refractivity contribution in [1.29, 1.82) is 0 Å². The molecule has 0 fully saturated rings. The molecule has 0 amide bonds. The first-order valence-corrected chi connectivity index (χ1v) is 18.0. The SMILES string of the molecule is BC(B)(O)C(B)(B)c1nc2ccccc2n1-c1cccc(-c2cccc(-c3c4ccccc4c(-c4ccc5ccccc5c4)c4ccccc34)c2)c1. The lowest BCUT2D eigenvalue weighted by atomic mass is 9.35. The fourth-order valence-corrected chi connectivity index (χ4v) is 7.75. The summed E-state index contributed by atoms with van der Waals surface area (Å²) in [5.74, 6) is 0.830. The van der Waals surface area contributed by atoms with Crippen LogP contribution in [0.15, 0.2) is 164 Å². The van der Waals surface area contributed by atoms with Crippen molar-refractivity contribution < 1.29 is 5.11 Å². The second-order valence-electron chi connectivity index (χ2n) is 15.0. The third-order valence-electron chi connectivity index (χ3n) is 11.2. The second kappa shape index (κ2) is 12.2. The number of aliphatic hydroxyl groups is 1. The van der Waals surface area contributed by atoms with Crippen LogP contribution in [0.4, 0.5) is 0 Å². The molecule has 8 aromatic carbocycles. The molecule has 1 N–H and O–H groups in total. The van der Waals surface area contributed by atoms with Gasteiger partial charge in [-0.2, -0.15) is 0 Å². The smallest absolute Gasteiger partial charge is 0.131 e. The third kappa shape index (κ3) is 5.19. The summed E-state index contributed by atoms with van der Waals surface area (Å²) in [6, 6.07) is 59.0. The largest absolute Gasteiger partial charge is 0.408 e. The van der Waals surface area contributed by atoms with Crippen LogP contribution in [-0.2, 0) is 5.21 Å². The number of imidazole rings is 1. The number of nitrogens with zero attached hydrogens (tertiary/aromatic N) is 2. The lowest BCUT2D eigenvalue weighted by Crippen LogP contribution is -2.55. The number of benzene rings is 8. The number of para-hydroxylation sites is 2. The van der Waals surface area contributed by atoms with E-state index in [1.807, 2.05) is 27.8 Å². The minimum Gasteiger partial charge on any atom is -0.408 e. The van der Waals surface area contributed by atoms with Crippen LogP contribution in [0.3, 0.4) is 0 Å². The normalized spacial score (nSPS) is 12.2. The first-order chi connectivity index (χ1) is 25.2. The highest BCUT2D eigenvalue weighted by molar-refractivity contribution is 6.53. The molecule has 9 rings (SSSR count). The molecule has 0 saturated carbocycles. The van der Waals surface area contributed by atoms with Crippen molar-refractivity contribution in [3.8, 4) is 39.1 Å². The quantitative estimate of drug-likeness (QED) is 0.157. The zero-order chi connectivity index (χ0) is 35.6. The molecule has 1 heterocycles. The number of fused-ring (bicyclic) bond motifs is 4. The van der Waals surface area contributed by atoms with Crippen LogP contribution in [-0.4, -0.2) is 51.4 Å². The van der Waals surface area contributed by atoms with Crippen LogP contribution in [0.5, 0.6) is 0 Å². The highest BCUT2D eigenvalue weighted by Gasteiger charge is 2.40. The highest BCUT2D eigenvalue weighted by atomic mass is 16.3. The molecular formula is C45H36B4N2O. The maximum absolute atomic E-state index is 11.3. The molecule has 244 valence electrons. The third-order valence-corrected chi connectivity index (χ3v) is 11.2. The molecule has 0 spiro atoms. The Morgan fingerprint density at radius 1 is 0.462 bits per heavy atom. The van der Waals surface area contributed by atoms with E-state index in [1.54, 1.807) is 0 Å². The lowest BCUT2D eigenvalue weighted by Gasteiger charge is -2.38. The molecule has 0 radical (unpaired) electrons. The van der Waals surface area contributed by atoms with Crippen LogP contribution >= 0.6 is 0 Å². The van der Waals surface area contributed by atoms with Crippen molar-refractivity contribution in [2.45, 2.75) is 10.6 Å². The van der Waals surface area contributed by atoms with Gasteiger partial charge in [0.2, 0.25) is 0 Å². The van der Waals surface area contributed by atoms with E-state index in [1.165, 1.54) is 54.6 Å². The average molecular weight is 664 g/mol. The van der Waals surface area contributed by atoms with E-state index in [0.29, 0.717) is 0 Å². The van der Waals surface area contributed by atoms with E-state index >= 15 is 0 Å². The maximum Gasteiger partial charge on any atom is 0.131 e. The van der Waals surface area contributed by atoms with Gasteiger partial charge in [0.05, 0.1) is 11.0 Å². The Balaban J connectivity index is 1.22. The maximum atomic E-state index is 11.3. The Bertz CT molecular complexity index is 2780. The van der Waals surface area contributed by atoms with Gasteiger partial charge in [0.15, 0.2) is 0 Å². The minimum absolute atomic E-state index is 0.622. The van der Waals surface area contributed by atoms with Crippen LogP contribution in [0, 0.1) is 0 Å². The fraction of sp³-hybridized carbons (Fsp3) is 0.0444. The number of hydrogen-bond acceptors (Lipinski definition) is 2. The number of rotatable bonds is 6. The van der Waals surface area contributed by atoms with Crippen LogP contribution in [0.25, 0.3) is 82.4 Å². The van der Waals surface area contributed by atoms with Gasteiger partial charge in [0.25, 0.3) is 0 Å². The van der Waals surface area contributed by atoms with Gasteiger partial charge in [-0.15, -0.1) is 0 Å². The molecule has 1 aromatic heterocycles. The zero-order valence-electron chi connectivity index (χ0n) is 29.9. The lowest BCUT2D eigenvalue weighted by molar-refractivity contribution is 0.189. The predicted molar refractivity (Wildman–Crippen MR) is 231 cm³/mol. The van der Waals surface area contributed by atoms with Crippen LogP contribution < -0.4 is 0 Å². The minimum atomic E-state index is -0.993. The standard InChI is InChI=1S/C45H36B4N2O/c46-44(47,45(48,49)52)43-50-39-21-7-8-22-40(39)51(43)34-16-10-14-31(27-34)30-13-9-15-32(26-30)41-35-17-3-5-19-37(35)42(38-20-6-4-18-36(38)41)33-24-23-28-11-1-2-12-29(28)25-33/h1-27,52H,46-49H2. The van der Waals surface area contributed by atoms with Gasteiger partial charge >= 0.3 is 0 Å². The Kier molecular flexibility index (Phi) is 7.53. The molecule has 9 aromatic rings. The van der Waals surface area contributed by atoms with E-state index in [2.05, 4.69) is 172 Å². The van der Waals surface area contributed by atoms with E-state index in [9.17, 15) is 5.11 Å². The van der Waals surface area contributed by atoms with E-state index in [-0.39, 0.29) is 0 Å². The molecule has 0 aliphatic rings. The molecule has 52 heavy (non-hydrogen) atoms. The van der Waals surface area contributed by atoms with E-state index in [0.717, 1.165) is 33.7 Å². The Labute approximate surface area is 307 Å². The first kappa shape index (κ1) is 32.2. The molecule has 7 heteroatoms. The van der Waals surface area contributed by atoms with Crippen molar-refractivity contribution in [3.05, 3.63) is 170 Å². The van der Waals surface area contributed by atoms with Crippen LogP contribution in [0.2, 0.25) is 0 Å². The van der Waals surface area contributed by atoms with Crippen molar-refractivity contribution in [1.82, 2.24) is 9.55 Å². The number of hydrogen-bond donors (Lipinski definition) is 1. The molecule has 3 nitrogen and oxygen atoms in total. The van der Waals surface area contributed by atoms with Gasteiger partial charge in [-0.3, -0.25) is 4.57 Å². The zero-order valence-corrected chi connectivity index (χ0v) is 29.9. The molecule has 0 saturated heterocycles. The Morgan fingerprint density at radius 2 is 0.981 bits per heavy atom.